The van der Waals surface area contributed by atoms with Crippen molar-refractivity contribution in [3.63, 3.8) is 0 Å². The molecule has 170 valence electrons. The minimum absolute atomic E-state index is 0.169. The third-order valence-electron chi connectivity index (χ3n) is 7.39. The van der Waals surface area contributed by atoms with Gasteiger partial charge in [-0.25, -0.2) is 14.4 Å². The standard InChI is InChI=1S/C24H26FN7O/c1-12-28-8-14(9-29-12)33-23-30-20-6-15-16(4-13(25)5-19(15)27-3)21(20)22(31-23)32-10-17-18(26)7-24(17,2)11-32/h4-5,8-9,17-18,27H,6-7,10-11,26H2,1-3H3/t17?,18-,24?/m1/s1. The van der Waals surface area contributed by atoms with Crippen LogP contribution in [0.25, 0.3) is 11.1 Å². The Morgan fingerprint density at radius 3 is 2.73 bits per heavy atom. The minimum atomic E-state index is -0.287. The molecule has 1 saturated heterocycles. The SMILES string of the molecule is CNc1cc(F)cc2c1Cc1nc(Oc3cnc(C)nc3)nc(N3CC4[C@H](N)CC4(C)C3)c1-2. The molecule has 1 aromatic carbocycles. The Labute approximate surface area is 191 Å². The molecule has 33 heavy (non-hydrogen) atoms. The average Bonchev–Trinajstić information content (AvgIpc) is 3.28. The van der Waals surface area contributed by atoms with Crippen LogP contribution in [0.2, 0.25) is 0 Å². The second-order valence-electron chi connectivity index (χ2n) is 9.63. The van der Waals surface area contributed by atoms with Crippen LogP contribution in [0.5, 0.6) is 11.8 Å². The summed E-state index contributed by atoms with van der Waals surface area (Å²) in [6, 6.07) is 3.55. The molecule has 2 aromatic heterocycles. The van der Waals surface area contributed by atoms with Gasteiger partial charge in [-0.1, -0.05) is 6.92 Å². The van der Waals surface area contributed by atoms with E-state index in [0.717, 1.165) is 53.4 Å². The predicted octanol–water partition coefficient (Wildman–Crippen LogP) is 3.29. The zero-order valence-electron chi connectivity index (χ0n) is 18.9. The number of aryl methyl sites for hydroxylation is 1. The molecule has 2 aliphatic carbocycles. The summed E-state index contributed by atoms with van der Waals surface area (Å²) in [5.41, 5.74) is 10.8. The van der Waals surface area contributed by atoms with E-state index in [2.05, 4.69) is 27.1 Å². The number of nitrogens with two attached hydrogens (primary N) is 1. The van der Waals surface area contributed by atoms with Gasteiger partial charge in [0.25, 0.3) is 0 Å². The Balaban J connectivity index is 1.47. The molecule has 3 N–H and O–H groups in total. The lowest BCUT2D eigenvalue weighted by molar-refractivity contribution is 0.0771. The van der Waals surface area contributed by atoms with E-state index in [4.69, 9.17) is 20.4 Å². The number of nitrogens with one attached hydrogen (secondary N) is 1. The van der Waals surface area contributed by atoms with Gasteiger partial charge in [0.15, 0.2) is 5.75 Å². The van der Waals surface area contributed by atoms with Crippen LogP contribution in [0, 0.1) is 24.1 Å². The van der Waals surface area contributed by atoms with Gasteiger partial charge >= 0.3 is 6.01 Å². The number of fused-ring (bicyclic) bond motifs is 4. The fraction of sp³-hybridized carbons (Fsp3) is 0.417. The fourth-order valence-electron chi connectivity index (χ4n) is 5.76. The van der Waals surface area contributed by atoms with E-state index in [1.807, 2.05) is 6.92 Å². The number of benzene rings is 1. The summed E-state index contributed by atoms with van der Waals surface area (Å²) in [6.45, 7) is 5.77. The molecule has 3 atom stereocenters. The topological polar surface area (TPSA) is 102 Å². The molecule has 3 aromatic rings. The zero-order chi connectivity index (χ0) is 22.9. The molecule has 2 unspecified atom stereocenters. The van der Waals surface area contributed by atoms with Gasteiger partial charge < -0.3 is 20.7 Å². The highest BCUT2D eigenvalue weighted by Gasteiger charge is 2.55. The van der Waals surface area contributed by atoms with Crippen molar-refractivity contribution in [3.05, 3.63) is 47.4 Å². The number of halogens is 1. The Hall–Kier alpha value is -3.33. The largest absolute Gasteiger partial charge is 0.421 e. The van der Waals surface area contributed by atoms with Crippen LogP contribution in [-0.4, -0.2) is 46.1 Å². The van der Waals surface area contributed by atoms with Gasteiger partial charge in [0.1, 0.15) is 17.5 Å². The highest BCUT2D eigenvalue weighted by Crippen LogP contribution is 2.54. The third-order valence-corrected chi connectivity index (χ3v) is 7.39. The van der Waals surface area contributed by atoms with E-state index in [-0.39, 0.29) is 23.3 Å². The van der Waals surface area contributed by atoms with Gasteiger partial charge in [-0.3, -0.25) is 0 Å². The molecule has 1 saturated carbocycles. The summed E-state index contributed by atoms with van der Waals surface area (Å²) >= 11 is 0. The second kappa shape index (κ2) is 7.08. The van der Waals surface area contributed by atoms with Crippen molar-refractivity contribution >= 4 is 11.5 Å². The van der Waals surface area contributed by atoms with Crippen LogP contribution >= 0.6 is 0 Å². The first-order chi connectivity index (χ1) is 15.8. The molecule has 1 aliphatic heterocycles. The Bertz CT molecular complexity index is 1260. The van der Waals surface area contributed by atoms with E-state index >= 15 is 0 Å². The van der Waals surface area contributed by atoms with Crippen molar-refractivity contribution < 1.29 is 9.13 Å². The molecule has 9 heteroatoms. The number of aromatic nitrogens is 4. The van der Waals surface area contributed by atoms with Crippen LogP contribution in [0.1, 0.15) is 30.4 Å². The van der Waals surface area contributed by atoms with E-state index in [1.165, 1.54) is 6.07 Å². The van der Waals surface area contributed by atoms with Gasteiger partial charge in [-0.05, 0) is 47.9 Å². The number of hydrogen-bond acceptors (Lipinski definition) is 8. The average molecular weight is 448 g/mol. The fourth-order valence-corrected chi connectivity index (χ4v) is 5.76. The summed E-state index contributed by atoms with van der Waals surface area (Å²) in [4.78, 5) is 20.2. The summed E-state index contributed by atoms with van der Waals surface area (Å²) < 4.78 is 20.5. The van der Waals surface area contributed by atoms with E-state index in [1.54, 1.807) is 25.5 Å². The Kier molecular flexibility index (Phi) is 4.35. The third kappa shape index (κ3) is 3.13. The molecule has 6 rings (SSSR count). The van der Waals surface area contributed by atoms with E-state index < -0.39 is 0 Å². The maximum atomic E-state index is 14.5. The van der Waals surface area contributed by atoms with Crippen molar-refractivity contribution in [2.24, 2.45) is 17.1 Å². The van der Waals surface area contributed by atoms with Gasteiger partial charge in [-0.15, -0.1) is 0 Å². The van der Waals surface area contributed by atoms with Gasteiger partial charge in [0.05, 0.1) is 18.1 Å². The lowest BCUT2D eigenvalue weighted by Crippen LogP contribution is -2.53. The summed E-state index contributed by atoms with van der Waals surface area (Å²) in [6.07, 6.45) is 4.79. The molecule has 0 radical (unpaired) electrons. The summed E-state index contributed by atoms with van der Waals surface area (Å²) in [7, 11) is 1.80. The van der Waals surface area contributed by atoms with Crippen molar-refractivity contribution in [1.82, 2.24) is 19.9 Å². The minimum Gasteiger partial charge on any atom is -0.421 e. The van der Waals surface area contributed by atoms with Gasteiger partial charge in [0, 0.05) is 43.9 Å². The monoisotopic (exact) mass is 447 g/mol. The molecule has 0 spiro atoms. The van der Waals surface area contributed by atoms with Crippen LogP contribution in [0.4, 0.5) is 15.9 Å². The maximum absolute atomic E-state index is 14.5. The molecule has 2 fully saturated rings. The highest BCUT2D eigenvalue weighted by atomic mass is 19.1. The van der Waals surface area contributed by atoms with Gasteiger partial charge in [-0.2, -0.15) is 9.97 Å². The zero-order valence-corrected chi connectivity index (χ0v) is 18.9. The van der Waals surface area contributed by atoms with Crippen LogP contribution in [0.3, 0.4) is 0 Å². The molecule has 3 aliphatic rings. The first kappa shape index (κ1) is 20.3. The Morgan fingerprint density at radius 1 is 1.24 bits per heavy atom. The van der Waals surface area contributed by atoms with E-state index in [9.17, 15) is 4.39 Å². The number of hydrogen-bond donors (Lipinski definition) is 2. The molecule has 8 nitrogen and oxygen atoms in total. The number of ether oxygens (including phenoxy) is 1. The molecule has 0 bridgehead atoms. The first-order valence-electron chi connectivity index (χ1n) is 11.2. The van der Waals surface area contributed by atoms with Crippen LogP contribution in [-0.2, 0) is 6.42 Å². The number of nitrogens with zero attached hydrogens (tertiary/aromatic N) is 5. The summed E-state index contributed by atoms with van der Waals surface area (Å²) in [5, 5.41) is 3.12. The quantitative estimate of drug-likeness (QED) is 0.491. The predicted molar refractivity (Wildman–Crippen MR) is 123 cm³/mol. The number of rotatable bonds is 4. The molecule has 3 heterocycles. The molecular formula is C24H26FN7O. The van der Waals surface area contributed by atoms with Gasteiger partial charge in [0.2, 0.25) is 0 Å². The normalized spacial score (nSPS) is 24.7. The van der Waals surface area contributed by atoms with E-state index in [0.29, 0.717) is 23.9 Å². The molecule has 0 amide bonds. The van der Waals surface area contributed by atoms with Crippen molar-refractivity contribution in [2.45, 2.75) is 32.7 Å². The number of anilines is 2. The van der Waals surface area contributed by atoms with Crippen LogP contribution < -0.4 is 20.7 Å². The lowest BCUT2D eigenvalue weighted by Gasteiger charge is -2.46. The maximum Gasteiger partial charge on any atom is 0.324 e. The van der Waals surface area contributed by atoms with Crippen molar-refractivity contribution in [2.75, 3.05) is 30.4 Å². The second-order valence-corrected chi connectivity index (χ2v) is 9.63. The first-order valence-corrected chi connectivity index (χ1v) is 11.2. The molecular weight excluding hydrogens is 421 g/mol. The van der Waals surface area contributed by atoms with Crippen LogP contribution in [0.15, 0.2) is 24.5 Å². The Morgan fingerprint density at radius 2 is 2.03 bits per heavy atom. The van der Waals surface area contributed by atoms with Crippen molar-refractivity contribution in [1.29, 1.82) is 0 Å². The smallest absolute Gasteiger partial charge is 0.324 e. The van der Waals surface area contributed by atoms with Crippen molar-refractivity contribution in [3.8, 4) is 22.9 Å². The lowest BCUT2D eigenvalue weighted by atomic mass is 9.60. The highest BCUT2D eigenvalue weighted by molar-refractivity contribution is 5.88. The summed E-state index contributed by atoms with van der Waals surface area (Å²) in [5.74, 6) is 2.03.